The molecule has 3 amide bonds. The van der Waals surface area contributed by atoms with Gasteiger partial charge in [0.25, 0.3) is 5.91 Å². The molecule has 1 saturated heterocycles. The monoisotopic (exact) mass is 715 g/mol. The van der Waals surface area contributed by atoms with Gasteiger partial charge in [-0.3, -0.25) is 19.5 Å². The predicted molar refractivity (Wildman–Crippen MR) is 162 cm³/mol. The number of aromatic nitrogens is 1. The Morgan fingerprint density at radius 3 is 2.50 bits per heavy atom. The summed E-state index contributed by atoms with van der Waals surface area (Å²) in [4.78, 5) is 54.9. The third kappa shape index (κ3) is 8.95. The Bertz CT molecular complexity index is 1750. The SMILES string of the molecule is Cc1cc(N2CCOC[C@@H]2C(F)(F)F)cc(F)c1C(=O)N[C@@H](Cc1ccc(NC(=O)N(C)c2cnccc2C=O)c(OC(F)(F)F)c1)C(=O)O. The van der Waals surface area contributed by atoms with Crippen molar-refractivity contribution in [3.8, 4) is 5.75 Å². The van der Waals surface area contributed by atoms with Gasteiger partial charge in [0, 0.05) is 37.5 Å². The number of hydrogen-bond acceptors (Lipinski definition) is 8. The van der Waals surface area contributed by atoms with Gasteiger partial charge < -0.3 is 30.1 Å². The summed E-state index contributed by atoms with van der Waals surface area (Å²) in [6, 6.07) is 1.13. The van der Waals surface area contributed by atoms with Crippen LogP contribution < -0.4 is 25.2 Å². The van der Waals surface area contributed by atoms with E-state index in [-0.39, 0.29) is 41.2 Å². The molecular formula is C31H28F7N5O7. The average Bonchev–Trinajstić information content (AvgIpc) is 3.03. The summed E-state index contributed by atoms with van der Waals surface area (Å²) in [5.41, 5.74) is -1.50. The van der Waals surface area contributed by atoms with Crippen LogP contribution in [0.25, 0.3) is 0 Å². The molecule has 2 heterocycles. The molecule has 0 bridgehead atoms. The molecule has 1 fully saturated rings. The Balaban J connectivity index is 1.56. The summed E-state index contributed by atoms with van der Waals surface area (Å²) in [6.45, 7) is 0.254. The number of alkyl halides is 6. The van der Waals surface area contributed by atoms with Crippen LogP contribution >= 0.6 is 0 Å². The van der Waals surface area contributed by atoms with Crippen molar-refractivity contribution in [3.05, 3.63) is 76.9 Å². The van der Waals surface area contributed by atoms with E-state index in [1.807, 2.05) is 0 Å². The zero-order chi connectivity index (χ0) is 37.0. The minimum Gasteiger partial charge on any atom is -0.480 e. The highest BCUT2D eigenvalue weighted by atomic mass is 19.4. The topological polar surface area (TPSA) is 150 Å². The van der Waals surface area contributed by atoms with Crippen molar-refractivity contribution in [2.45, 2.75) is 38.0 Å². The number of benzene rings is 2. The van der Waals surface area contributed by atoms with Gasteiger partial charge >= 0.3 is 24.5 Å². The number of carbonyl (C=O) groups is 4. The smallest absolute Gasteiger partial charge is 0.480 e. The molecule has 0 unspecified atom stereocenters. The molecule has 0 radical (unpaired) electrons. The van der Waals surface area contributed by atoms with Crippen LogP contribution in [0.1, 0.15) is 31.8 Å². The van der Waals surface area contributed by atoms with Crippen molar-refractivity contribution in [3.63, 3.8) is 0 Å². The molecule has 12 nitrogen and oxygen atoms in total. The maximum Gasteiger partial charge on any atom is 0.573 e. The average molecular weight is 716 g/mol. The molecule has 2 aromatic carbocycles. The molecule has 3 aromatic rings. The fourth-order valence-corrected chi connectivity index (χ4v) is 5.12. The van der Waals surface area contributed by atoms with Gasteiger partial charge in [0.15, 0.2) is 12.0 Å². The number of hydrogen-bond donors (Lipinski definition) is 3. The predicted octanol–water partition coefficient (Wildman–Crippen LogP) is 5.10. The van der Waals surface area contributed by atoms with E-state index in [0.717, 1.165) is 34.1 Å². The molecular weight excluding hydrogens is 687 g/mol. The number of anilines is 3. The number of halogens is 7. The van der Waals surface area contributed by atoms with Crippen LogP contribution in [0.3, 0.4) is 0 Å². The largest absolute Gasteiger partial charge is 0.573 e. The molecule has 0 spiro atoms. The van der Waals surface area contributed by atoms with E-state index >= 15 is 4.39 Å². The summed E-state index contributed by atoms with van der Waals surface area (Å²) in [7, 11) is 1.22. The fraction of sp³-hybridized carbons (Fsp3) is 0.323. The quantitative estimate of drug-likeness (QED) is 0.193. The van der Waals surface area contributed by atoms with Crippen LogP contribution in [-0.2, 0) is 16.0 Å². The molecule has 0 saturated carbocycles. The number of amides is 3. The lowest BCUT2D eigenvalue weighted by molar-refractivity contribution is -0.274. The molecule has 1 aromatic heterocycles. The van der Waals surface area contributed by atoms with E-state index in [2.05, 4.69) is 20.4 Å². The number of nitrogens with one attached hydrogen (secondary N) is 2. The molecule has 4 rings (SSSR count). The number of aldehydes is 1. The molecule has 1 aliphatic heterocycles. The minimum absolute atomic E-state index is 0.0304. The first-order valence-corrected chi connectivity index (χ1v) is 14.5. The summed E-state index contributed by atoms with van der Waals surface area (Å²) >= 11 is 0. The Morgan fingerprint density at radius 2 is 1.88 bits per heavy atom. The van der Waals surface area contributed by atoms with Crippen LogP contribution in [-0.4, -0.2) is 85.7 Å². The summed E-state index contributed by atoms with van der Waals surface area (Å²) in [5.74, 6) is -5.11. The van der Waals surface area contributed by atoms with Crippen molar-refractivity contribution in [2.75, 3.05) is 41.9 Å². The van der Waals surface area contributed by atoms with Gasteiger partial charge in [-0.1, -0.05) is 6.07 Å². The van der Waals surface area contributed by atoms with Crippen LogP contribution in [0.4, 0.5) is 52.6 Å². The fourth-order valence-electron chi connectivity index (χ4n) is 5.12. The zero-order valence-electron chi connectivity index (χ0n) is 26.1. The second-order valence-electron chi connectivity index (χ2n) is 10.9. The van der Waals surface area contributed by atoms with Gasteiger partial charge in [0.2, 0.25) is 0 Å². The maximum absolute atomic E-state index is 15.3. The summed E-state index contributed by atoms with van der Waals surface area (Å²) in [5, 5.41) is 14.1. The molecule has 1 aliphatic rings. The highest BCUT2D eigenvalue weighted by molar-refractivity contribution is 6.04. The number of carboxylic acids is 1. The molecule has 50 heavy (non-hydrogen) atoms. The number of rotatable bonds is 10. The van der Waals surface area contributed by atoms with Crippen molar-refractivity contribution in [1.82, 2.24) is 10.3 Å². The lowest BCUT2D eigenvalue weighted by atomic mass is 10.0. The van der Waals surface area contributed by atoms with E-state index < -0.39 is 78.4 Å². The third-order valence-corrected chi connectivity index (χ3v) is 7.52. The first kappa shape index (κ1) is 37.4. The zero-order valence-corrected chi connectivity index (χ0v) is 26.1. The number of carbonyl (C=O) groups excluding carboxylic acids is 3. The maximum atomic E-state index is 15.3. The number of morpholine rings is 1. The number of nitrogens with zero attached hydrogens (tertiary/aromatic N) is 3. The van der Waals surface area contributed by atoms with Crippen LogP contribution in [0.5, 0.6) is 5.75 Å². The Morgan fingerprint density at radius 1 is 1.16 bits per heavy atom. The number of urea groups is 1. The highest BCUT2D eigenvalue weighted by Gasteiger charge is 2.45. The standard InChI is InChI=1S/C31H28F7N5O7/c1-16-9-19(43-7-8-49-15-25(43)30(33,34)35)12-20(32)26(16)27(45)40-22(28(46)47)10-17-3-4-21(24(11-17)50-31(36,37)38)41-29(48)42(2)23-13-39-6-5-18(23)14-44/h3-6,9,11-14,22,25H,7-8,10,15H2,1-2H3,(H,40,45)(H,41,48)(H,46,47)/t22-,25+/m0/s1. The molecule has 3 N–H and O–H groups in total. The van der Waals surface area contributed by atoms with Gasteiger partial charge in [-0.2, -0.15) is 13.2 Å². The van der Waals surface area contributed by atoms with Crippen molar-refractivity contribution < 1.29 is 64.5 Å². The van der Waals surface area contributed by atoms with Crippen LogP contribution in [0.15, 0.2) is 48.8 Å². The molecule has 0 aliphatic carbocycles. The molecule has 2 atom stereocenters. The minimum atomic E-state index is -5.26. The summed E-state index contributed by atoms with van der Waals surface area (Å²) < 4.78 is 105. The lowest BCUT2D eigenvalue weighted by Gasteiger charge is -2.38. The van der Waals surface area contributed by atoms with Gasteiger partial charge in [0.05, 0.1) is 36.3 Å². The van der Waals surface area contributed by atoms with Crippen molar-refractivity contribution >= 4 is 41.3 Å². The highest BCUT2D eigenvalue weighted by Crippen LogP contribution is 2.34. The van der Waals surface area contributed by atoms with E-state index in [1.54, 1.807) is 0 Å². The van der Waals surface area contributed by atoms with Gasteiger partial charge in [0.1, 0.15) is 17.9 Å². The Hall–Kier alpha value is -5.46. The van der Waals surface area contributed by atoms with E-state index in [9.17, 15) is 50.6 Å². The summed E-state index contributed by atoms with van der Waals surface area (Å²) in [6.07, 6.45) is -7.72. The number of ether oxygens (including phenoxy) is 2. The van der Waals surface area contributed by atoms with E-state index in [4.69, 9.17) is 4.74 Å². The van der Waals surface area contributed by atoms with Gasteiger partial charge in [-0.25, -0.2) is 14.0 Å². The van der Waals surface area contributed by atoms with Crippen molar-refractivity contribution in [2.24, 2.45) is 0 Å². The Kier molecular flexibility index (Phi) is 11.2. The second kappa shape index (κ2) is 15.0. The second-order valence-corrected chi connectivity index (χ2v) is 10.9. The lowest BCUT2D eigenvalue weighted by Crippen LogP contribution is -2.53. The first-order chi connectivity index (χ1) is 23.4. The van der Waals surface area contributed by atoms with E-state index in [0.29, 0.717) is 12.4 Å². The molecule has 268 valence electrons. The number of aliphatic carboxylic acids is 1. The number of aryl methyl sites for hydroxylation is 1. The van der Waals surface area contributed by atoms with Gasteiger partial charge in [-0.05, 0) is 48.4 Å². The van der Waals surface area contributed by atoms with Crippen LogP contribution in [0, 0.1) is 12.7 Å². The third-order valence-electron chi connectivity index (χ3n) is 7.52. The molecule has 19 heteroatoms. The van der Waals surface area contributed by atoms with Gasteiger partial charge in [-0.15, -0.1) is 13.2 Å². The Labute approximate surface area is 278 Å². The van der Waals surface area contributed by atoms with E-state index in [1.165, 1.54) is 32.4 Å². The number of carboxylic acid groups (broad SMARTS) is 1. The number of pyridine rings is 1. The van der Waals surface area contributed by atoms with Crippen molar-refractivity contribution in [1.29, 1.82) is 0 Å². The normalized spacial score (nSPS) is 15.5. The van der Waals surface area contributed by atoms with Crippen LogP contribution in [0.2, 0.25) is 0 Å². The first-order valence-electron chi connectivity index (χ1n) is 14.5.